The highest BCUT2D eigenvalue weighted by Gasteiger charge is 2.21. The molecule has 6 heteroatoms. The fraction of sp³-hybridized carbons (Fsp3) is 0.360. The van der Waals surface area contributed by atoms with E-state index in [1.807, 2.05) is 34.7 Å². The molecule has 1 fully saturated rings. The summed E-state index contributed by atoms with van der Waals surface area (Å²) in [6.45, 7) is 7.26. The van der Waals surface area contributed by atoms with Crippen molar-refractivity contribution < 1.29 is 9.53 Å². The van der Waals surface area contributed by atoms with Crippen molar-refractivity contribution in [2.45, 2.75) is 26.7 Å². The minimum absolute atomic E-state index is 0.230. The molecule has 0 saturated carbocycles. The van der Waals surface area contributed by atoms with Crippen molar-refractivity contribution in [3.05, 3.63) is 71.5 Å². The fourth-order valence-electron chi connectivity index (χ4n) is 4.12. The Hall–Kier alpha value is -3.28. The van der Waals surface area contributed by atoms with Gasteiger partial charge in [-0.2, -0.15) is 5.10 Å². The van der Waals surface area contributed by atoms with E-state index < -0.39 is 0 Å². The third kappa shape index (κ3) is 4.90. The van der Waals surface area contributed by atoms with Crippen molar-refractivity contribution in [2.75, 3.05) is 38.2 Å². The van der Waals surface area contributed by atoms with Crippen LogP contribution in [0.2, 0.25) is 0 Å². The van der Waals surface area contributed by atoms with E-state index in [1.165, 1.54) is 5.56 Å². The van der Waals surface area contributed by atoms with Gasteiger partial charge in [0.1, 0.15) is 5.75 Å². The quantitative estimate of drug-likeness (QED) is 0.611. The lowest BCUT2D eigenvalue weighted by Gasteiger charge is -2.36. The molecular weight excluding hydrogens is 388 g/mol. The van der Waals surface area contributed by atoms with E-state index >= 15 is 0 Å². The summed E-state index contributed by atoms with van der Waals surface area (Å²) < 4.78 is 7.27. The van der Waals surface area contributed by atoms with E-state index in [0.717, 1.165) is 61.1 Å². The Kier molecular flexibility index (Phi) is 6.26. The van der Waals surface area contributed by atoms with Crippen molar-refractivity contribution in [2.24, 2.45) is 0 Å². The number of piperazine rings is 1. The second-order valence-corrected chi connectivity index (χ2v) is 8.07. The lowest BCUT2D eigenvalue weighted by atomic mass is 10.1. The summed E-state index contributed by atoms with van der Waals surface area (Å²) in [5.74, 6) is 1.09. The van der Waals surface area contributed by atoms with E-state index in [0.29, 0.717) is 6.42 Å². The third-order valence-electron chi connectivity index (χ3n) is 5.87. The Labute approximate surface area is 184 Å². The van der Waals surface area contributed by atoms with Crippen molar-refractivity contribution >= 4 is 11.6 Å². The van der Waals surface area contributed by atoms with Gasteiger partial charge >= 0.3 is 0 Å². The van der Waals surface area contributed by atoms with Crippen LogP contribution in [0.15, 0.2) is 54.6 Å². The Bertz CT molecular complexity index is 1030. The molecule has 162 valence electrons. The second-order valence-electron chi connectivity index (χ2n) is 8.07. The van der Waals surface area contributed by atoms with Gasteiger partial charge < -0.3 is 14.5 Å². The Morgan fingerprint density at radius 1 is 0.968 bits per heavy atom. The van der Waals surface area contributed by atoms with Crippen molar-refractivity contribution in [1.29, 1.82) is 0 Å². The minimum Gasteiger partial charge on any atom is -0.497 e. The van der Waals surface area contributed by atoms with Crippen LogP contribution < -0.4 is 9.64 Å². The topological polar surface area (TPSA) is 50.6 Å². The molecule has 2 aromatic carbocycles. The number of methoxy groups -OCH3 is 1. The maximum absolute atomic E-state index is 12.7. The summed E-state index contributed by atoms with van der Waals surface area (Å²) in [7, 11) is 1.68. The molecule has 1 amide bonds. The summed E-state index contributed by atoms with van der Waals surface area (Å²) in [5.41, 5.74) is 5.50. The molecule has 31 heavy (non-hydrogen) atoms. The molecule has 1 aromatic heterocycles. The number of hydrogen-bond acceptors (Lipinski definition) is 4. The van der Waals surface area contributed by atoms with Gasteiger partial charge in [-0.25, -0.2) is 4.68 Å². The number of rotatable bonds is 6. The first-order valence-electron chi connectivity index (χ1n) is 10.8. The molecule has 0 radical (unpaired) electrons. The Balaban J connectivity index is 1.28. The highest BCUT2D eigenvalue weighted by atomic mass is 16.5. The number of amides is 1. The van der Waals surface area contributed by atoms with Crippen LogP contribution in [-0.2, 0) is 11.2 Å². The number of hydrogen-bond donors (Lipinski definition) is 0. The van der Waals surface area contributed by atoms with Gasteiger partial charge in [0, 0.05) is 50.0 Å². The molecule has 0 atom stereocenters. The lowest BCUT2D eigenvalue weighted by Crippen LogP contribution is -2.48. The zero-order chi connectivity index (χ0) is 21.8. The summed E-state index contributed by atoms with van der Waals surface area (Å²) in [6, 6.07) is 18.5. The van der Waals surface area contributed by atoms with Crippen molar-refractivity contribution in [3.63, 3.8) is 0 Å². The maximum Gasteiger partial charge on any atom is 0.223 e. The first-order valence-corrected chi connectivity index (χ1v) is 10.8. The molecule has 1 aliphatic heterocycles. The summed E-state index contributed by atoms with van der Waals surface area (Å²) >= 11 is 0. The van der Waals surface area contributed by atoms with Gasteiger partial charge in [-0.05, 0) is 56.2 Å². The molecule has 1 saturated heterocycles. The van der Waals surface area contributed by atoms with E-state index in [1.54, 1.807) is 7.11 Å². The van der Waals surface area contributed by atoms with Crippen LogP contribution in [0.1, 0.15) is 23.4 Å². The van der Waals surface area contributed by atoms with Gasteiger partial charge in [0.2, 0.25) is 5.91 Å². The van der Waals surface area contributed by atoms with Crippen LogP contribution in [0, 0.1) is 13.8 Å². The number of aromatic nitrogens is 2. The first kappa shape index (κ1) is 21.0. The fourth-order valence-corrected chi connectivity index (χ4v) is 4.12. The largest absolute Gasteiger partial charge is 0.497 e. The van der Waals surface area contributed by atoms with Gasteiger partial charge in [0.25, 0.3) is 0 Å². The van der Waals surface area contributed by atoms with Crippen LogP contribution in [0.4, 0.5) is 5.69 Å². The number of benzene rings is 2. The number of anilines is 1. The molecule has 4 rings (SSSR count). The average molecular weight is 419 g/mol. The molecule has 1 aliphatic rings. The summed E-state index contributed by atoms with van der Waals surface area (Å²) in [4.78, 5) is 17.0. The number of ether oxygens (including phenoxy) is 1. The highest BCUT2D eigenvalue weighted by Crippen LogP contribution is 2.22. The zero-order valence-corrected chi connectivity index (χ0v) is 18.5. The number of nitrogens with zero attached hydrogens (tertiary/aromatic N) is 4. The van der Waals surface area contributed by atoms with Gasteiger partial charge in [-0.1, -0.05) is 18.2 Å². The van der Waals surface area contributed by atoms with E-state index in [2.05, 4.69) is 53.3 Å². The molecule has 3 aromatic rings. The van der Waals surface area contributed by atoms with Crippen LogP contribution in [0.25, 0.3) is 5.69 Å². The second kappa shape index (κ2) is 9.25. The standard InChI is InChI=1S/C25H30N4O2/c1-19-17-20(2)29(26-19)22-10-7-21(8-11-22)9-12-25(30)28-15-13-27(14-16-28)23-5-4-6-24(18-23)31-3/h4-8,10-11,17-18H,9,12-16H2,1-3H3. The summed E-state index contributed by atoms with van der Waals surface area (Å²) in [6.07, 6.45) is 1.30. The van der Waals surface area contributed by atoms with E-state index in [9.17, 15) is 4.79 Å². The predicted molar refractivity (Wildman–Crippen MR) is 123 cm³/mol. The number of carbonyl (C=O) groups is 1. The normalized spacial score (nSPS) is 14.0. The maximum atomic E-state index is 12.7. The summed E-state index contributed by atoms with van der Waals surface area (Å²) in [5, 5.41) is 4.53. The van der Waals surface area contributed by atoms with Crippen LogP contribution in [0.3, 0.4) is 0 Å². The molecule has 0 aliphatic carbocycles. The van der Waals surface area contributed by atoms with Gasteiger partial charge in [-0.3, -0.25) is 4.79 Å². The average Bonchev–Trinajstić information content (AvgIpc) is 3.15. The predicted octanol–water partition coefficient (Wildman–Crippen LogP) is 3.78. The monoisotopic (exact) mass is 418 g/mol. The number of carbonyl (C=O) groups excluding carboxylic acids is 1. The highest BCUT2D eigenvalue weighted by molar-refractivity contribution is 5.76. The van der Waals surface area contributed by atoms with Crippen molar-refractivity contribution in [3.8, 4) is 11.4 Å². The number of aryl methyl sites for hydroxylation is 3. The van der Waals surface area contributed by atoms with Crippen molar-refractivity contribution in [1.82, 2.24) is 14.7 Å². The van der Waals surface area contributed by atoms with Gasteiger partial charge in [0.15, 0.2) is 0 Å². The molecule has 0 unspecified atom stereocenters. The Morgan fingerprint density at radius 2 is 1.71 bits per heavy atom. The smallest absolute Gasteiger partial charge is 0.223 e. The lowest BCUT2D eigenvalue weighted by molar-refractivity contribution is -0.131. The van der Waals surface area contributed by atoms with Gasteiger partial charge in [0.05, 0.1) is 18.5 Å². The SMILES string of the molecule is COc1cccc(N2CCN(C(=O)CCc3ccc(-n4nc(C)cc4C)cc3)CC2)c1. The molecular formula is C25H30N4O2. The van der Waals surface area contributed by atoms with Crippen LogP contribution >= 0.6 is 0 Å². The molecule has 0 spiro atoms. The molecule has 0 bridgehead atoms. The molecule has 6 nitrogen and oxygen atoms in total. The minimum atomic E-state index is 0.230. The molecule has 0 N–H and O–H groups in total. The first-order chi connectivity index (χ1) is 15.0. The van der Waals surface area contributed by atoms with Crippen LogP contribution in [-0.4, -0.2) is 53.9 Å². The van der Waals surface area contributed by atoms with E-state index in [-0.39, 0.29) is 5.91 Å². The van der Waals surface area contributed by atoms with E-state index in [4.69, 9.17) is 4.74 Å². The third-order valence-corrected chi connectivity index (χ3v) is 5.87. The Morgan fingerprint density at radius 3 is 2.35 bits per heavy atom. The van der Waals surface area contributed by atoms with Gasteiger partial charge in [-0.15, -0.1) is 0 Å². The zero-order valence-electron chi connectivity index (χ0n) is 18.5. The molecule has 2 heterocycles. The van der Waals surface area contributed by atoms with Crippen LogP contribution in [0.5, 0.6) is 5.75 Å².